The molecule has 1 aromatic carbocycles. The van der Waals surface area contributed by atoms with Gasteiger partial charge >= 0.3 is 6.18 Å². The van der Waals surface area contributed by atoms with Crippen LogP contribution in [0.25, 0.3) is 22.4 Å². The molecule has 39 heavy (non-hydrogen) atoms. The molecule has 0 fully saturated rings. The molecule has 0 aliphatic heterocycles. The van der Waals surface area contributed by atoms with Gasteiger partial charge in [0.15, 0.2) is 11.5 Å². The number of nitrogens with zero attached hydrogens (tertiary/aromatic N) is 4. The van der Waals surface area contributed by atoms with Crippen molar-refractivity contribution < 1.29 is 27.1 Å². The van der Waals surface area contributed by atoms with E-state index in [1.165, 1.54) is 18.3 Å². The van der Waals surface area contributed by atoms with Crippen LogP contribution in [-0.4, -0.2) is 31.9 Å². The second kappa shape index (κ2) is 11.4. The number of alkyl halides is 3. The summed E-state index contributed by atoms with van der Waals surface area (Å²) in [6.07, 6.45) is -0.231. The summed E-state index contributed by atoms with van der Waals surface area (Å²) in [6, 6.07) is 4.84. The van der Waals surface area contributed by atoms with E-state index < -0.39 is 23.8 Å². The van der Waals surface area contributed by atoms with E-state index >= 15 is 0 Å². The van der Waals surface area contributed by atoms with Crippen LogP contribution in [0.2, 0.25) is 0 Å². The Balaban J connectivity index is 1.75. The zero-order chi connectivity index (χ0) is 28.3. The maximum absolute atomic E-state index is 13.5. The minimum absolute atomic E-state index is 0.00975. The molecule has 2 atom stereocenters. The van der Waals surface area contributed by atoms with E-state index in [1.807, 2.05) is 13.8 Å². The molecule has 0 spiro atoms. The van der Waals surface area contributed by atoms with Gasteiger partial charge in [-0.3, -0.25) is 14.8 Å². The Kier molecular flexibility index (Phi) is 8.14. The number of aryl methyl sites for hydroxylation is 1. The summed E-state index contributed by atoms with van der Waals surface area (Å²) in [5.41, 5.74) is 6.36. The largest absolute Gasteiger partial charge is 0.488 e. The normalized spacial score (nSPS) is 13.3. The number of halogens is 3. The number of hydrogen-bond acceptors (Lipinski definition) is 8. The van der Waals surface area contributed by atoms with Crippen LogP contribution < -0.4 is 15.8 Å². The van der Waals surface area contributed by atoms with Crippen LogP contribution in [0.4, 0.5) is 13.2 Å². The molecule has 0 radical (unpaired) electrons. The molecule has 3 heterocycles. The SMILES string of the molecule is CCCC(C)Oc1ccc(-c2nc(C(=O)NC(C)c3nccnc3C)c(CN)o2)c2ccc(C(F)(F)F)nc12. The van der Waals surface area contributed by atoms with Gasteiger partial charge in [-0.2, -0.15) is 13.2 Å². The van der Waals surface area contributed by atoms with Gasteiger partial charge < -0.3 is 20.2 Å². The van der Waals surface area contributed by atoms with E-state index in [2.05, 4.69) is 25.3 Å². The lowest BCUT2D eigenvalue weighted by atomic mass is 10.1. The van der Waals surface area contributed by atoms with E-state index in [4.69, 9.17) is 14.9 Å². The van der Waals surface area contributed by atoms with Crippen LogP contribution in [0.5, 0.6) is 5.75 Å². The number of carbonyl (C=O) groups excluding carboxylic acids is 1. The average molecular weight is 543 g/mol. The number of hydrogen-bond donors (Lipinski definition) is 2. The predicted octanol–water partition coefficient (Wildman–Crippen LogP) is 5.52. The van der Waals surface area contributed by atoms with Gasteiger partial charge in [-0.1, -0.05) is 13.3 Å². The van der Waals surface area contributed by atoms with Crippen molar-refractivity contribution in [3.05, 3.63) is 65.2 Å². The van der Waals surface area contributed by atoms with Crippen LogP contribution in [0, 0.1) is 6.92 Å². The Hall–Kier alpha value is -4.06. The topological polar surface area (TPSA) is 129 Å². The van der Waals surface area contributed by atoms with Crippen LogP contribution >= 0.6 is 0 Å². The van der Waals surface area contributed by atoms with Crippen LogP contribution in [0.3, 0.4) is 0 Å². The van der Waals surface area contributed by atoms with Crippen LogP contribution in [-0.2, 0) is 12.7 Å². The van der Waals surface area contributed by atoms with Crippen molar-refractivity contribution in [2.24, 2.45) is 5.73 Å². The Morgan fingerprint density at radius 3 is 2.54 bits per heavy atom. The number of benzene rings is 1. The van der Waals surface area contributed by atoms with Crippen LogP contribution in [0.15, 0.2) is 41.1 Å². The zero-order valence-corrected chi connectivity index (χ0v) is 22.0. The van der Waals surface area contributed by atoms with Crippen molar-refractivity contribution >= 4 is 16.8 Å². The average Bonchev–Trinajstić information content (AvgIpc) is 3.33. The molecule has 0 saturated carbocycles. The molecule has 0 aliphatic rings. The van der Waals surface area contributed by atoms with Crippen molar-refractivity contribution in [2.75, 3.05) is 0 Å². The number of nitrogens with one attached hydrogen (secondary N) is 1. The van der Waals surface area contributed by atoms with Crippen molar-refractivity contribution in [2.45, 2.75) is 65.4 Å². The fraction of sp³-hybridized carbons (Fsp3) is 0.370. The first kappa shape index (κ1) is 28.0. The van der Waals surface area contributed by atoms with Gasteiger partial charge in [0.25, 0.3) is 5.91 Å². The molecular weight excluding hydrogens is 513 g/mol. The number of fused-ring (bicyclic) bond motifs is 1. The maximum atomic E-state index is 13.5. The Bertz CT molecular complexity index is 1490. The van der Waals surface area contributed by atoms with Gasteiger partial charge in [0.1, 0.15) is 17.0 Å². The highest BCUT2D eigenvalue weighted by atomic mass is 19.4. The van der Waals surface area contributed by atoms with Gasteiger partial charge in [-0.25, -0.2) is 9.97 Å². The Labute approximate surface area is 223 Å². The molecule has 1 amide bonds. The van der Waals surface area contributed by atoms with Crippen molar-refractivity contribution in [3.63, 3.8) is 0 Å². The molecule has 12 heteroatoms. The van der Waals surface area contributed by atoms with Gasteiger partial charge in [-0.05, 0) is 51.5 Å². The van der Waals surface area contributed by atoms with Crippen molar-refractivity contribution in [1.82, 2.24) is 25.3 Å². The third kappa shape index (κ3) is 6.00. The summed E-state index contributed by atoms with van der Waals surface area (Å²) in [4.78, 5) is 29.8. The first-order valence-corrected chi connectivity index (χ1v) is 12.5. The molecule has 2 unspecified atom stereocenters. The highest BCUT2D eigenvalue weighted by Gasteiger charge is 2.33. The van der Waals surface area contributed by atoms with Crippen LogP contribution in [0.1, 0.15) is 73.0 Å². The monoisotopic (exact) mass is 542 g/mol. The number of oxazole rings is 1. The first-order chi connectivity index (χ1) is 18.5. The quantitative estimate of drug-likeness (QED) is 0.283. The maximum Gasteiger partial charge on any atom is 0.433 e. The number of rotatable bonds is 9. The molecule has 4 rings (SSSR count). The molecule has 0 saturated heterocycles. The number of aromatic nitrogens is 4. The fourth-order valence-corrected chi connectivity index (χ4v) is 4.27. The number of nitrogens with two attached hydrogens (primary N) is 1. The van der Waals surface area contributed by atoms with Gasteiger partial charge in [-0.15, -0.1) is 0 Å². The van der Waals surface area contributed by atoms with E-state index in [1.54, 1.807) is 26.1 Å². The fourth-order valence-electron chi connectivity index (χ4n) is 4.27. The second-order valence-electron chi connectivity index (χ2n) is 9.14. The van der Waals surface area contributed by atoms with Gasteiger partial charge in [0.2, 0.25) is 5.89 Å². The Morgan fingerprint density at radius 1 is 1.13 bits per heavy atom. The summed E-state index contributed by atoms with van der Waals surface area (Å²) >= 11 is 0. The highest BCUT2D eigenvalue weighted by Crippen LogP contribution is 2.37. The molecule has 3 aromatic heterocycles. The molecule has 0 bridgehead atoms. The first-order valence-electron chi connectivity index (χ1n) is 12.5. The molecule has 9 nitrogen and oxygen atoms in total. The third-order valence-electron chi connectivity index (χ3n) is 6.14. The summed E-state index contributed by atoms with van der Waals surface area (Å²) in [5.74, 6) is -0.199. The lowest BCUT2D eigenvalue weighted by Gasteiger charge is -2.17. The van der Waals surface area contributed by atoms with E-state index in [0.717, 1.165) is 12.5 Å². The van der Waals surface area contributed by atoms with Gasteiger partial charge in [0.05, 0.1) is 30.1 Å². The Morgan fingerprint density at radius 2 is 1.87 bits per heavy atom. The predicted molar refractivity (Wildman–Crippen MR) is 138 cm³/mol. The molecule has 3 N–H and O–H groups in total. The minimum Gasteiger partial charge on any atom is -0.488 e. The molecule has 206 valence electrons. The lowest BCUT2D eigenvalue weighted by molar-refractivity contribution is -0.140. The van der Waals surface area contributed by atoms with Crippen molar-refractivity contribution in [3.8, 4) is 17.2 Å². The number of ether oxygens (including phenoxy) is 1. The number of pyridine rings is 1. The van der Waals surface area contributed by atoms with E-state index in [-0.39, 0.29) is 41.3 Å². The highest BCUT2D eigenvalue weighted by molar-refractivity contribution is 5.98. The van der Waals surface area contributed by atoms with E-state index in [9.17, 15) is 18.0 Å². The smallest absolute Gasteiger partial charge is 0.433 e. The second-order valence-corrected chi connectivity index (χ2v) is 9.14. The third-order valence-corrected chi connectivity index (χ3v) is 6.14. The zero-order valence-electron chi connectivity index (χ0n) is 22.0. The van der Waals surface area contributed by atoms with Crippen molar-refractivity contribution in [1.29, 1.82) is 0 Å². The summed E-state index contributed by atoms with van der Waals surface area (Å²) in [5, 5.41) is 3.14. The molecule has 4 aromatic rings. The van der Waals surface area contributed by atoms with Gasteiger partial charge in [0, 0.05) is 23.3 Å². The summed E-state index contributed by atoms with van der Waals surface area (Å²) in [6.45, 7) is 7.24. The van der Waals surface area contributed by atoms with E-state index in [0.29, 0.717) is 28.8 Å². The number of amides is 1. The summed E-state index contributed by atoms with van der Waals surface area (Å²) in [7, 11) is 0. The lowest BCUT2D eigenvalue weighted by Crippen LogP contribution is -2.29. The standard InChI is InChI=1S/C27H29F3N6O3/c1-5-6-14(2)38-19-9-7-18(17-8-10-21(27(28,29)30)35-23(17)19)26-36-24(20(13-31)39-26)25(37)34-16(4)22-15(3)32-11-12-33-22/h7-12,14,16H,5-6,13,31H2,1-4H3,(H,34,37). The number of carbonyl (C=O) groups is 1. The molecular formula is C27H29F3N6O3. The summed E-state index contributed by atoms with van der Waals surface area (Å²) < 4.78 is 52.3. The molecule has 0 aliphatic carbocycles. The minimum atomic E-state index is -4.64.